The molecule has 0 atom stereocenters. The lowest BCUT2D eigenvalue weighted by Crippen LogP contribution is -2.08. The lowest BCUT2D eigenvalue weighted by Gasteiger charge is -2.06. The van der Waals surface area contributed by atoms with Crippen LogP contribution in [0.15, 0.2) is 18.3 Å². The number of hydrogen-bond donors (Lipinski definition) is 3. The van der Waals surface area contributed by atoms with E-state index < -0.39 is 0 Å². The van der Waals surface area contributed by atoms with Gasteiger partial charge in [0.2, 0.25) is 0 Å². The van der Waals surface area contributed by atoms with Crippen molar-refractivity contribution in [1.29, 1.82) is 0 Å². The summed E-state index contributed by atoms with van der Waals surface area (Å²) < 4.78 is 5.11. The SMILES string of the molecule is Nc1ccnc(NCCCOCCO)c1. The summed E-state index contributed by atoms with van der Waals surface area (Å²) in [6.45, 7) is 1.89. The molecule has 1 rings (SSSR count). The smallest absolute Gasteiger partial charge is 0.127 e. The molecule has 84 valence electrons. The van der Waals surface area contributed by atoms with Crippen LogP contribution in [0.3, 0.4) is 0 Å². The van der Waals surface area contributed by atoms with Gasteiger partial charge in [0.05, 0.1) is 13.2 Å². The van der Waals surface area contributed by atoms with Gasteiger partial charge in [-0.25, -0.2) is 4.98 Å². The standard InChI is InChI=1S/C10H17N3O2/c11-9-2-4-13-10(8-9)12-3-1-6-15-7-5-14/h2,4,8,14H,1,3,5-7H2,(H3,11,12,13). The van der Waals surface area contributed by atoms with Gasteiger partial charge in [-0.3, -0.25) is 0 Å². The minimum absolute atomic E-state index is 0.0736. The average molecular weight is 211 g/mol. The van der Waals surface area contributed by atoms with Gasteiger partial charge in [-0.15, -0.1) is 0 Å². The predicted octanol–water partition coefficient (Wildman–Crippen LogP) is 0.475. The highest BCUT2D eigenvalue weighted by Gasteiger charge is 1.93. The molecule has 15 heavy (non-hydrogen) atoms. The summed E-state index contributed by atoms with van der Waals surface area (Å²) in [5, 5.41) is 11.6. The Labute approximate surface area is 89.3 Å². The van der Waals surface area contributed by atoms with E-state index in [9.17, 15) is 0 Å². The van der Waals surface area contributed by atoms with Crippen molar-refractivity contribution in [3.63, 3.8) is 0 Å². The molecule has 0 unspecified atom stereocenters. The zero-order chi connectivity index (χ0) is 10.9. The van der Waals surface area contributed by atoms with Crippen molar-refractivity contribution >= 4 is 11.5 Å². The maximum Gasteiger partial charge on any atom is 0.127 e. The molecule has 0 aliphatic rings. The van der Waals surface area contributed by atoms with Crippen LogP contribution in [0.5, 0.6) is 0 Å². The summed E-state index contributed by atoms with van der Waals surface area (Å²) >= 11 is 0. The molecule has 0 saturated heterocycles. The first kappa shape index (κ1) is 11.7. The van der Waals surface area contributed by atoms with Crippen LogP contribution < -0.4 is 11.1 Å². The second-order valence-electron chi connectivity index (χ2n) is 3.09. The zero-order valence-corrected chi connectivity index (χ0v) is 8.65. The third-order valence-corrected chi connectivity index (χ3v) is 1.79. The fraction of sp³-hybridized carbons (Fsp3) is 0.500. The van der Waals surface area contributed by atoms with Crippen LogP contribution in [0.1, 0.15) is 6.42 Å². The van der Waals surface area contributed by atoms with Crippen LogP contribution in [0.4, 0.5) is 11.5 Å². The minimum atomic E-state index is 0.0736. The maximum atomic E-state index is 8.47. The summed E-state index contributed by atoms with van der Waals surface area (Å²) in [5.41, 5.74) is 6.29. The Morgan fingerprint density at radius 3 is 3.07 bits per heavy atom. The van der Waals surface area contributed by atoms with E-state index >= 15 is 0 Å². The molecule has 0 bridgehead atoms. The molecule has 0 amide bonds. The van der Waals surface area contributed by atoms with Crippen molar-refractivity contribution in [3.05, 3.63) is 18.3 Å². The molecular weight excluding hydrogens is 194 g/mol. The molecule has 0 fully saturated rings. The summed E-state index contributed by atoms with van der Waals surface area (Å²) in [4.78, 5) is 4.10. The normalized spacial score (nSPS) is 10.2. The summed E-state index contributed by atoms with van der Waals surface area (Å²) in [6.07, 6.45) is 2.54. The highest BCUT2D eigenvalue weighted by atomic mass is 16.5. The molecular formula is C10H17N3O2. The van der Waals surface area contributed by atoms with Crippen LogP contribution in [0.2, 0.25) is 0 Å². The largest absolute Gasteiger partial charge is 0.399 e. The Kier molecular flexibility index (Phi) is 5.50. The van der Waals surface area contributed by atoms with Gasteiger partial charge in [0.1, 0.15) is 5.82 Å². The van der Waals surface area contributed by atoms with Crippen molar-refractivity contribution in [1.82, 2.24) is 4.98 Å². The molecule has 1 aromatic rings. The number of pyridine rings is 1. The van der Waals surface area contributed by atoms with Crippen LogP contribution in [-0.4, -0.2) is 36.5 Å². The van der Waals surface area contributed by atoms with E-state index in [0.29, 0.717) is 18.9 Å². The summed E-state index contributed by atoms with van der Waals surface area (Å²) in [6, 6.07) is 3.53. The first-order valence-electron chi connectivity index (χ1n) is 4.97. The van der Waals surface area contributed by atoms with E-state index in [1.165, 1.54) is 0 Å². The van der Waals surface area contributed by atoms with E-state index in [1.807, 2.05) is 0 Å². The van der Waals surface area contributed by atoms with Crippen LogP contribution in [-0.2, 0) is 4.74 Å². The van der Waals surface area contributed by atoms with Gasteiger partial charge >= 0.3 is 0 Å². The van der Waals surface area contributed by atoms with Gasteiger partial charge in [-0.2, -0.15) is 0 Å². The third-order valence-electron chi connectivity index (χ3n) is 1.79. The fourth-order valence-corrected chi connectivity index (χ4v) is 1.10. The van der Waals surface area contributed by atoms with Crippen molar-refractivity contribution < 1.29 is 9.84 Å². The summed E-state index contributed by atoms with van der Waals surface area (Å²) in [7, 11) is 0. The Morgan fingerprint density at radius 2 is 2.33 bits per heavy atom. The molecule has 0 aliphatic heterocycles. The Hall–Kier alpha value is -1.33. The maximum absolute atomic E-state index is 8.47. The van der Waals surface area contributed by atoms with E-state index in [2.05, 4.69) is 10.3 Å². The van der Waals surface area contributed by atoms with Crippen LogP contribution in [0.25, 0.3) is 0 Å². The molecule has 0 radical (unpaired) electrons. The minimum Gasteiger partial charge on any atom is -0.399 e. The molecule has 0 spiro atoms. The fourth-order valence-electron chi connectivity index (χ4n) is 1.10. The Morgan fingerprint density at radius 1 is 1.47 bits per heavy atom. The number of nitrogens with one attached hydrogen (secondary N) is 1. The first-order valence-corrected chi connectivity index (χ1v) is 4.97. The Bertz CT molecular complexity index is 281. The van der Waals surface area contributed by atoms with Crippen molar-refractivity contribution in [2.75, 3.05) is 37.4 Å². The van der Waals surface area contributed by atoms with Gasteiger partial charge in [-0.1, -0.05) is 0 Å². The third kappa shape index (κ3) is 5.19. The van der Waals surface area contributed by atoms with Crippen LogP contribution in [0, 0.1) is 0 Å². The second-order valence-corrected chi connectivity index (χ2v) is 3.09. The quantitative estimate of drug-likeness (QED) is 0.571. The molecule has 0 saturated carbocycles. The number of aromatic nitrogens is 1. The lowest BCUT2D eigenvalue weighted by molar-refractivity contribution is 0.0922. The number of nitrogens with two attached hydrogens (primary N) is 1. The van der Waals surface area contributed by atoms with Crippen molar-refractivity contribution in [2.45, 2.75) is 6.42 Å². The Balaban J connectivity index is 2.10. The van der Waals surface area contributed by atoms with E-state index in [4.69, 9.17) is 15.6 Å². The zero-order valence-electron chi connectivity index (χ0n) is 8.65. The monoisotopic (exact) mass is 211 g/mol. The number of hydrogen-bond acceptors (Lipinski definition) is 5. The highest BCUT2D eigenvalue weighted by Crippen LogP contribution is 2.07. The molecule has 1 heterocycles. The number of nitrogens with zero attached hydrogens (tertiary/aromatic N) is 1. The summed E-state index contributed by atoms with van der Waals surface area (Å²) in [5.74, 6) is 0.775. The van der Waals surface area contributed by atoms with Gasteiger partial charge in [-0.05, 0) is 12.5 Å². The molecule has 0 aliphatic carbocycles. The van der Waals surface area contributed by atoms with E-state index in [-0.39, 0.29) is 6.61 Å². The van der Waals surface area contributed by atoms with E-state index in [0.717, 1.165) is 18.8 Å². The number of nitrogen functional groups attached to an aromatic ring is 1. The van der Waals surface area contributed by atoms with Gasteiger partial charge in [0.25, 0.3) is 0 Å². The number of ether oxygens (including phenoxy) is 1. The average Bonchev–Trinajstić information content (AvgIpc) is 2.23. The van der Waals surface area contributed by atoms with Crippen molar-refractivity contribution in [2.24, 2.45) is 0 Å². The van der Waals surface area contributed by atoms with Gasteiger partial charge in [0, 0.05) is 31.1 Å². The van der Waals surface area contributed by atoms with E-state index in [1.54, 1.807) is 18.3 Å². The first-order chi connectivity index (χ1) is 7.33. The molecule has 5 heteroatoms. The topological polar surface area (TPSA) is 80.4 Å². The highest BCUT2D eigenvalue weighted by molar-refractivity contribution is 5.48. The van der Waals surface area contributed by atoms with Crippen molar-refractivity contribution in [3.8, 4) is 0 Å². The van der Waals surface area contributed by atoms with Crippen LogP contribution >= 0.6 is 0 Å². The molecule has 1 aromatic heterocycles. The van der Waals surface area contributed by atoms with Gasteiger partial charge < -0.3 is 20.9 Å². The van der Waals surface area contributed by atoms with Gasteiger partial charge in [0.15, 0.2) is 0 Å². The second kappa shape index (κ2) is 7.03. The molecule has 0 aromatic carbocycles. The number of rotatable bonds is 7. The molecule has 4 N–H and O–H groups in total. The predicted molar refractivity (Wildman–Crippen MR) is 59.7 cm³/mol. The number of anilines is 2. The molecule has 5 nitrogen and oxygen atoms in total. The lowest BCUT2D eigenvalue weighted by atomic mass is 10.4. The number of aliphatic hydroxyl groups excluding tert-OH is 1. The number of aliphatic hydroxyl groups is 1.